The van der Waals surface area contributed by atoms with Crippen LogP contribution in [0.15, 0.2) is 92.3 Å². The zero-order valence-electron chi connectivity index (χ0n) is 20.2. The van der Waals surface area contributed by atoms with Crippen molar-refractivity contribution >= 4 is 67.5 Å². The van der Waals surface area contributed by atoms with Gasteiger partial charge in [0.2, 0.25) is 0 Å². The number of fused-ring (bicyclic) bond motifs is 1. The molecule has 0 aliphatic carbocycles. The van der Waals surface area contributed by atoms with Gasteiger partial charge in [-0.15, -0.1) is 0 Å². The Balaban J connectivity index is 1.68. The molecule has 192 valence electrons. The maximum atomic E-state index is 13.8. The zero-order valence-corrected chi connectivity index (χ0v) is 24.8. The van der Waals surface area contributed by atoms with Gasteiger partial charge in [0.25, 0.3) is 11.5 Å². The average Bonchev–Trinajstić information content (AvgIpc) is 3.21. The molecule has 0 unspecified atom stereocenters. The fourth-order valence-electron chi connectivity index (χ4n) is 4.25. The molecule has 1 atom stereocenters. The molecule has 1 aliphatic rings. The Morgan fingerprint density at radius 1 is 1.18 bits per heavy atom. The van der Waals surface area contributed by atoms with Crippen LogP contribution in [0.3, 0.4) is 0 Å². The number of anilines is 1. The fraction of sp³-hybridized carbons (Fsp3) is 0.107. The first-order chi connectivity index (χ1) is 18.3. The van der Waals surface area contributed by atoms with E-state index in [0.29, 0.717) is 40.1 Å². The van der Waals surface area contributed by atoms with E-state index in [0.717, 1.165) is 11.1 Å². The summed E-state index contributed by atoms with van der Waals surface area (Å²) in [6.45, 7) is 1.78. The zero-order chi connectivity index (χ0) is 27.0. The van der Waals surface area contributed by atoms with E-state index >= 15 is 0 Å². The first-order valence-corrected chi connectivity index (χ1v) is 14.2. The summed E-state index contributed by atoms with van der Waals surface area (Å²) in [6.07, 6.45) is 1.77. The smallest absolute Gasteiger partial charge is 0.271 e. The molecule has 0 radical (unpaired) electrons. The van der Waals surface area contributed by atoms with Crippen molar-refractivity contribution in [3.63, 3.8) is 0 Å². The molecule has 0 saturated carbocycles. The third-order valence-corrected chi connectivity index (χ3v) is 8.48. The van der Waals surface area contributed by atoms with Crippen LogP contribution in [-0.2, 0) is 4.79 Å². The van der Waals surface area contributed by atoms with Crippen LogP contribution < -0.4 is 24.9 Å². The number of aromatic nitrogens is 1. The molecule has 38 heavy (non-hydrogen) atoms. The van der Waals surface area contributed by atoms with E-state index in [1.54, 1.807) is 36.8 Å². The summed E-state index contributed by atoms with van der Waals surface area (Å²) < 4.78 is 8.55. The molecule has 0 fully saturated rings. The number of methoxy groups -OCH3 is 1. The summed E-state index contributed by atoms with van der Waals surface area (Å²) in [6, 6.07) is 19.4. The number of para-hydroxylation sites is 1. The average molecular weight is 702 g/mol. The lowest BCUT2D eigenvalue weighted by Gasteiger charge is -2.25. The van der Waals surface area contributed by atoms with Crippen LogP contribution >= 0.6 is 49.9 Å². The number of thiazole rings is 1. The van der Waals surface area contributed by atoms with Gasteiger partial charge in [-0.2, -0.15) is 0 Å². The second-order valence-electron chi connectivity index (χ2n) is 8.51. The summed E-state index contributed by atoms with van der Waals surface area (Å²) in [5, 5.41) is 13.0. The number of nitrogens with zero attached hydrogens (tertiary/aromatic N) is 2. The molecule has 1 amide bonds. The number of amides is 1. The van der Waals surface area contributed by atoms with Crippen LogP contribution in [-0.4, -0.2) is 22.7 Å². The molecule has 0 bridgehead atoms. The van der Waals surface area contributed by atoms with E-state index in [1.165, 1.54) is 11.3 Å². The highest BCUT2D eigenvalue weighted by molar-refractivity contribution is 14.1. The SMILES string of the molecule is COc1ccc([C@@H]2C(C(=O)Nc3ccccc3)=C(C)N=c3s/c(=C/c4cc(Br)c(O)c(I)c4)c(=O)n32)cc1. The highest BCUT2D eigenvalue weighted by Crippen LogP contribution is 2.32. The van der Waals surface area contributed by atoms with Gasteiger partial charge in [-0.25, -0.2) is 4.99 Å². The lowest BCUT2D eigenvalue weighted by molar-refractivity contribution is -0.113. The van der Waals surface area contributed by atoms with E-state index in [1.807, 2.05) is 77.2 Å². The molecule has 0 saturated heterocycles. The molecule has 2 N–H and O–H groups in total. The first kappa shape index (κ1) is 26.4. The Labute approximate surface area is 244 Å². The second kappa shape index (κ2) is 10.9. The van der Waals surface area contributed by atoms with Crippen LogP contribution in [0.4, 0.5) is 5.69 Å². The standard InChI is InChI=1S/C28H21BrIN3O4S/c1-15-23(26(35)32-18-6-4-3-5-7-18)24(17-8-10-19(37-2)11-9-17)33-27(36)22(38-28(33)31-15)14-16-12-20(29)25(34)21(30)13-16/h3-14,24,34H,1-2H3,(H,32,35)/b22-14+/t24-/m1/s1. The van der Waals surface area contributed by atoms with E-state index in [4.69, 9.17) is 4.74 Å². The molecular formula is C28H21BrIN3O4S. The Morgan fingerprint density at radius 3 is 2.55 bits per heavy atom. The van der Waals surface area contributed by atoms with Crippen LogP contribution in [0.1, 0.15) is 24.1 Å². The molecular weight excluding hydrogens is 681 g/mol. The van der Waals surface area contributed by atoms with Gasteiger partial charge < -0.3 is 15.2 Å². The van der Waals surface area contributed by atoms with Crippen molar-refractivity contribution in [2.75, 3.05) is 12.4 Å². The number of phenolic OH excluding ortho intramolecular Hbond substituents is 1. The van der Waals surface area contributed by atoms with E-state index in [-0.39, 0.29) is 17.2 Å². The van der Waals surface area contributed by atoms with E-state index in [9.17, 15) is 14.7 Å². The number of aromatic hydroxyl groups is 1. The number of hydrogen-bond donors (Lipinski definition) is 2. The Morgan fingerprint density at radius 2 is 1.89 bits per heavy atom. The predicted molar refractivity (Wildman–Crippen MR) is 160 cm³/mol. The predicted octanol–water partition coefficient (Wildman–Crippen LogP) is 4.96. The molecule has 3 aromatic carbocycles. The van der Waals surface area contributed by atoms with Crippen LogP contribution in [0.2, 0.25) is 0 Å². The summed E-state index contributed by atoms with van der Waals surface area (Å²) in [5.41, 5.74) is 2.83. The number of nitrogens with one attached hydrogen (secondary N) is 1. The van der Waals surface area contributed by atoms with Gasteiger partial charge in [0.05, 0.1) is 37.0 Å². The van der Waals surface area contributed by atoms with E-state index < -0.39 is 6.04 Å². The summed E-state index contributed by atoms with van der Waals surface area (Å²) in [5.74, 6) is 0.489. The molecule has 7 nitrogen and oxygen atoms in total. The van der Waals surface area contributed by atoms with Crippen molar-refractivity contribution < 1.29 is 14.6 Å². The maximum Gasteiger partial charge on any atom is 0.271 e. The van der Waals surface area contributed by atoms with Crippen LogP contribution in [0.25, 0.3) is 6.08 Å². The molecule has 4 aromatic rings. The third-order valence-electron chi connectivity index (χ3n) is 6.07. The van der Waals surface area contributed by atoms with Gasteiger partial charge in [-0.3, -0.25) is 14.2 Å². The normalized spacial score (nSPS) is 15.2. The van der Waals surface area contributed by atoms with Crippen molar-refractivity contribution in [3.05, 3.63) is 117 Å². The van der Waals surface area contributed by atoms with Gasteiger partial charge in [0.1, 0.15) is 11.5 Å². The third kappa shape index (κ3) is 5.07. The fourth-order valence-corrected chi connectivity index (χ4v) is 6.80. The number of phenols is 1. The van der Waals surface area contributed by atoms with Gasteiger partial charge in [-0.05, 0) is 99.0 Å². The molecule has 10 heteroatoms. The Bertz CT molecular complexity index is 1740. The number of carbonyl (C=O) groups is 1. The number of hydrogen-bond acceptors (Lipinski definition) is 6. The molecule has 0 spiro atoms. The minimum Gasteiger partial charge on any atom is -0.506 e. The van der Waals surface area contributed by atoms with Crippen molar-refractivity contribution in [1.82, 2.24) is 4.57 Å². The second-order valence-corrected chi connectivity index (χ2v) is 11.5. The minimum absolute atomic E-state index is 0.147. The van der Waals surface area contributed by atoms with Crippen LogP contribution in [0.5, 0.6) is 11.5 Å². The highest BCUT2D eigenvalue weighted by Gasteiger charge is 2.32. The van der Waals surface area contributed by atoms with Crippen LogP contribution in [0, 0.1) is 3.57 Å². The molecule has 1 aromatic heterocycles. The summed E-state index contributed by atoms with van der Waals surface area (Å²) >= 11 is 6.66. The number of halogens is 2. The number of allylic oxidation sites excluding steroid dienone is 1. The monoisotopic (exact) mass is 701 g/mol. The first-order valence-electron chi connectivity index (χ1n) is 11.5. The highest BCUT2D eigenvalue weighted by atomic mass is 127. The number of benzene rings is 3. The lowest BCUT2D eigenvalue weighted by Crippen LogP contribution is -2.40. The molecule has 5 rings (SSSR count). The minimum atomic E-state index is -0.685. The van der Waals surface area contributed by atoms with Crippen molar-refractivity contribution in [2.24, 2.45) is 4.99 Å². The topological polar surface area (TPSA) is 92.9 Å². The van der Waals surface area contributed by atoms with Gasteiger partial charge in [-0.1, -0.05) is 41.7 Å². The number of ether oxygens (including phenoxy) is 1. The number of carbonyl (C=O) groups excluding carboxylic acids is 1. The van der Waals surface area contributed by atoms with Crippen molar-refractivity contribution in [3.8, 4) is 11.5 Å². The molecule has 2 heterocycles. The lowest BCUT2D eigenvalue weighted by atomic mass is 9.95. The molecule has 1 aliphatic heterocycles. The van der Waals surface area contributed by atoms with Gasteiger partial charge in [0.15, 0.2) is 4.80 Å². The van der Waals surface area contributed by atoms with Gasteiger partial charge in [0, 0.05) is 5.69 Å². The summed E-state index contributed by atoms with van der Waals surface area (Å²) in [7, 11) is 1.59. The quantitative estimate of drug-likeness (QED) is 0.288. The van der Waals surface area contributed by atoms with E-state index in [2.05, 4.69) is 26.2 Å². The number of rotatable bonds is 5. The van der Waals surface area contributed by atoms with Crippen molar-refractivity contribution in [2.45, 2.75) is 13.0 Å². The largest absolute Gasteiger partial charge is 0.506 e. The van der Waals surface area contributed by atoms with Gasteiger partial charge >= 0.3 is 0 Å². The maximum absolute atomic E-state index is 13.8. The Hall–Kier alpha value is -3.22. The van der Waals surface area contributed by atoms with Crippen molar-refractivity contribution in [1.29, 1.82) is 0 Å². The summed E-state index contributed by atoms with van der Waals surface area (Å²) in [4.78, 5) is 32.6. The Kier molecular flexibility index (Phi) is 7.55.